The van der Waals surface area contributed by atoms with Gasteiger partial charge in [0.05, 0.1) is 29.8 Å². The Morgan fingerprint density at radius 1 is 0.941 bits per heavy atom. The van der Waals surface area contributed by atoms with Crippen LogP contribution in [0.15, 0.2) is 36.9 Å². The Morgan fingerprint density at radius 2 is 1.53 bits per heavy atom. The van der Waals surface area contributed by atoms with E-state index in [1.54, 1.807) is 24.3 Å². The van der Waals surface area contributed by atoms with Crippen LogP contribution < -0.4 is 21.3 Å². The van der Waals surface area contributed by atoms with Crippen molar-refractivity contribution < 1.29 is 33.6 Å². The van der Waals surface area contributed by atoms with Crippen molar-refractivity contribution in [3.8, 4) is 0 Å². The summed E-state index contributed by atoms with van der Waals surface area (Å²) >= 11 is 0. The Hall–Kier alpha value is -4.55. The highest BCUT2D eigenvalue weighted by atomic mass is 16.2. The predicted molar refractivity (Wildman–Crippen MR) is 191 cm³/mol. The number of imide groups is 1. The van der Waals surface area contributed by atoms with Gasteiger partial charge >= 0.3 is 6.03 Å². The van der Waals surface area contributed by atoms with E-state index in [0.29, 0.717) is 24.1 Å². The Balaban J connectivity index is 1.53. The van der Waals surface area contributed by atoms with Crippen LogP contribution in [0, 0.1) is 28.1 Å². The number of carbonyl (C=O) groups is 7. The zero-order chi connectivity index (χ0) is 38.2. The van der Waals surface area contributed by atoms with Gasteiger partial charge in [-0.25, -0.2) is 4.79 Å². The van der Waals surface area contributed by atoms with E-state index < -0.39 is 76.3 Å². The van der Waals surface area contributed by atoms with E-state index in [-0.39, 0.29) is 36.8 Å². The molecule has 3 aliphatic rings. The van der Waals surface area contributed by atoms with Gasteiger partial charge in [0.15, 0.2) is 0 Å². The molecule has 0 aromatic heterocycles. The van der Waals surface area contributed by atoms with Crippen molar-refractivity contribution >= 4 is 41.4 Å². The van der Waals surface area contributed by atoms with E-state index in [0.717, 1.165) is 4.90 Å². The normalized spacial score (nSPS) is 22.3. The standard InChI is InChI=1S/C38H54N6O7/c1-11-15-24(28(45)31(47)39-18-12-2)40-30(46)27-26-23(38(26,9)10)19-43(27)34(50)29(37(6,7)8)42-35(51)41-25(36(3,4)5)20-44-32(48)21-16-13-14-17-22(21)33(44)49/h12-14,16-17,23-27,29H,2,11,15,18-20H2,1,3-10H3,(H,39,47)(H,40,46)(H2,41,42,51)/t23-,24?,25+,26-,27?,29+/m0/s1. The lowest BCUT2D eigenvalue weighted by Gasteiger charge is -2.39. The summed E-state index contributed by atoms with van der Waals surface area (Å²) in [5, 5.41) is 11.0. The summed E-state index contributed by atoms with van der Waals surface area (Å²) in [7, 11) is 0. The van der Waals surface area contributed by atoms with E-state index in [4.69, 9.17) is 0 Å². The van der Waals surface area contributed by atoms with Gasteiger partial charge in [-0.3, -0.25) is 33.7 Å². The highest BCUT2D eigenvalue weighted by Crippen LogP contribution is 2.65. The molecule has 1 saturated carbocycles. The molecule has 1 aliphatic carbocycles. The fourth-order valence-electron chi connectivity index (χ4n) is 7.31. The van der Waals surface area contributed by atoms with Gasteiger partial charge in [0.2, 0.25) is 17.6 Å². The summed E-state index contributed by atoms with van der Waals surface area (Å²) < 4.78 is 0. The number of urea groups is 1. The second-order valence-corrected chi connectivity index (χ2v) is 16.7. The number of hydrogen-bond acceptors (Lipinski definition) is 7. The molecule has 2 fully saturated rings. The minimum atomic E-state index is -1.07. The predicted octanol–water partition coefficient (Wildman–Crippen LogP) is 3.05. The van der Waals surface area contributed by atoms with E-state index in [1.165, 1.54) is 11.0 Å². The lowest BCUT2D eigenvalue weighted by atomic mass is 9.85. The zero-order valence-electron chi connectivity index (χ0n) is 31.3. The average molecular weight is 707 g/mol. The molecule has 7 amide bonds. The molecular weight excluding hydrogens is 652 g/mol. The molecule has 0 spiro atoms. The molecule has 13 nitrogen and oxygen atoms in total. The summed E-state index contributed by atoms with van der Waals surface area (Å²) in [6.45, 7) is 20.8. The minimum absolute atomic E-state index is 0.0350. The SMILES string of the molecule is C=CCNC(=O)C(=O)C(CCC)NC(=O)C1[C@@H]2[C@H](CN1C(=O)[C@@H](NC(=O)N[C@H](CN1C(=O)c3ccccc3C1=O)C(C)(C)C)C(C)(C)C)C2(C)C. The van der Waals surface area contributed by atoms with Gasteiger partial charge in [-0.2, -0.15) is 0 Å². The third kappa shape index (κ3) is 8.02. The molecule has 51 heavy (non-hydrogen) atoms. The Bertz CT molecular complexity index is 1570. The van der Waals surface area contributed by atoms with Crippen LogP contribution in [0.5, 0.6) is 0 Å². The number of nitrogens with one attached hydrogen (secondary N) is 4. The average Bonchev–Trinajstić information content (AvgIpc) is 3.30. The van der Waals surface area contributed by atoms with E-state index in [1.807, 2.05) is 62.3 Å². The molecule has 1 saturated heterocycles. The van der Waals surface area contributed by atoms with Crippen molar-refractivity contribution in [3.63, 3.8) is 0 Å². The molecule has 2 heterocycles. The molecule has 1 aromatic rings. The maximum absolute atomic E-state index is 14.4. The van der Waals surface area contributed by atoms with Gasteiger partial charge < -0.3 is 26.2 Å². The quantitative estimate of drug-likeness (QED) is 0.139. The largest absolute Gasteiger partial charge is 0.346 e. The summed E-state index contributed by atoms with van der Waals surface area (Å²) in [5.41, 5.74) is -0.985. The molecule has 6 atom stereocenters. The van der Waals surface area contributed by atoms with Crippen LogP contribution in [0.1, 0.15) is 95.9 Å². The molecule has 2 aliphatic heterocycles. The fraction of sp³-hybridized carbons (Fsp3) is 0.605. The maximum atomic E-state index is 14.4. The molecule has 0 bridgehead atoms. The van der Waals surface area contributed by atoms with Gasteiger partial charge in [0.25, 0.3) is 17.7 Å². The second kappa shape index (κ2) is 14.6. The number of likely N-dealkylation sites (tertiary alicyclic amines) is 1. The number of hydrogen-bond donors (Lipinski definition) is 4. The first-order valence-corrected chi connectivity index (χ1v) is 17.7. The van der Waals surface area contributed by atoms with Crippen LogP contribution in [0.25, 0.3) is 0 Å². The molecule has 278 valence electrons. The number of ketones is 1. The van der Waals surface area contributed by atoms with E-state index >= 15 is 0 Å². The molecule has 2 unspecified atom stereocenters. The Kier molecular flexibility index (Phi) is 11.2. The van der Waals surface area contributed by atoms with E-state index in [2.05, 4.69) is 27.8 Å². The van der Waals surface area contributed by atoms with Crippen molar-refractivity contribution in [1.82, 2.24) is 31.1 Å². The number of rotatable bonds is 13. The van der Waals surface area contributed by atoms with Crippen LogP contribution >= 0.6 is 0 Å². The minimum Gasteiger partial charge on any atom is -0.346 e. The lowest BCUT2D eigenvalue weighted by Crippen LogP contribution is -2.62. The van der Waals surface area contributed by atoms with Crippen molar-refractivity contribution in [3.05, 3.63) is 48.0 Å². The molecule has 13 heteroatoms. The third-order valence-electron chi connectivity index (χ3n) is 10.6. The number of benzene rings is 1. The summed E-state index contributed by atoms with van der Waals surface area (Å²) in [6.07, 6.45) is 2.23. The van der Waals surface area contributed by atoms with Crippen LogP contribution in [-0.2, 0) is 19.2 Å². The van der Waals surface area contributed by atoms with Crippen LogP contribution in [0.3, 0.4) is 0 Å². The summed E-state index contributed by atoms with van der Waals surface area (Å²) in [6, 6.07) is 2.20. The zero-order valence-corrected chi connectivity index (χ0v) is 31.3. The van der Waals surface area contributed by atoms with Gasteiger partial charge in [-0.05, 0) is 46.6 Å². The second-order valence-electron chi connectivity index (χ2n) is 16.7. The number of amides is 7. The van der Waals surface area contributed by atoms with Crippen molar-refractivity contribution in [1.29, 1.82) is 0 Å². The lowest BCUT2D eigenvalue weighted by molar-refractivity contribution is -0.145. The van der Waals surface area contributed by atoms with Crippen LogP contribution in [0.2, 0.25) is 0 Å². The van der Waals surface area contributed by atoms with Crippen LogP contribution in [-0.4, -0.2) is 95.0 Å². The number of carbonyl (C=O) groups excluding carboxylic acids is 7. The number of Topliss-reactive ketones (excluding diaryl/α,β-unsaturated/α-hetero) is 1. The smallest absolute Gasteiger partial charge is 0.315 e. The first kappa shape index (κ1) is 39.2. The topological polar surface area (TPSA) is 174 Å². The van der Waals surface area contributed by atoms with Gasteiger partial charge in [0.1, 0.15) is 12.1 Å². The summed E-state index contributed by atoms with van der Waals surface area (Å²) in [5.74, 6) is -3.57. The monoisotopic (exact) mass is 706 g/mol. The molecule has 4 N–H and O–H groups in total. The van der Waals surface area contributed by atoms with Crippen LogP contribution in [0.4, 0.5) is 4.79 Å². The Labute approximate surface area is 300 Å². The molecular formula is C38H54N6O7. The first-order chi connectivity index (χ1) is 23.7. The van der Waals surface area contributed by atoms with Gasteiger partial charge in [-0.15, -0.1) is 6.58 Å². The van der Waals surface area contributed by atoms with Gasteiger partial charge in [0, 0.05) is 13.1 Å². The highest BCUT2D eigenvalue weighted by molar-refractivity contribution is 6.38. The van der Waals surface area contributed by atoms with Crippen molar-refractivity contribution in [2.75, 3.05) is 19.6 Å². The fourth-order valence-corrected chi connectivity index (χ4v) is 7.31. The molecule has 1 aromatic carbocycles. The maximum Gasteiger partial charge on any atom is 0.315 e. The van der Waals surface area contributed by atoms with Gasteiger partial charge in [-0.1, -0.05) is 86.9 Å². The molecule has 0 radical (unpaired) electrons. The number of piperidine rings is 1. The first-order valence-electron chi connectivity index (χ1n) is 17.7. The van der Waals surface area contributed by atoms with Crippen molar-refractivity contribution in [2.24, 2.45) is 28.1 Å². The highest BCUT2D eigenvalue weighted by Gasteiger charge is 2.70. The molecule has 4 rings (SSSR count). The number of fused-ring (bicyclic) bond motifs is 2. The number of nitrogens with zero attached hydrogens (tertiary/aromatic N) is 2. The third-order valence-corrected chi connectivity index (χ3v) is 10.6. The van der Waals surface area contributed by atoms with Crippen molar-refractivity contribution in [2.45, 2.75) is 99.3 Å². The summed E-state index contributed by atoms with van der Waals surface area (Å²) in [4.78, 5) is 96.5. The Morgan fingerprint density at radius 3 is 2.04 bits per heavy atom. The van der Waals surface area contributed by atoms with E-state index in [9.17, 15) is 33.6 Å².